The van der Waals surface area contributed by atoms with E-state index in [9.17, 15) is 4.79 Å². The molecule has 138 valence electrons. The largest absolute Gasteiger partial charge is 0.487 e. The van der Waals surface area contributed by atoms with Crippen LogP contribution in [0.5, 0.6) is 5.75 Å². The molecule has 5 nitrogen and oxygen atoms in total. The standard InChI is InChI=1S/C22H23N3O2/c1-14-8-9-17-18(13-22(2,3)27-19(17)12-14)25-21(26)16-7-5-4-6-15(16)20-23-10-11-24-20/h4-12,18H,13H2,1-3H3,(H,23,24)(H,25,26)/t18-/m1/s1. The minimum Gasteiger partial charge on any atom is -0.487 e. The fourth-order valence-corrected chi connectivity index (χ4v) is 3.62. The number of carbonyl (C=O) groups is 1. The van der Waals surface area contributed by atoms with E-state index in [-0.39, 0.29) is 17.6 Å². The average molecular weight is 361 g/mol. The van der Waals surface area contributed by atoms with Gasteiger partial charge in [0.1, 0.15) is 17.2 Å². The van der Waals surface area contributed by atoms with Crippen LogP contribution in [0, 0.1) is 6.92 Å². The third kappa shape index (κ3) is 3.45. The number of fused-ring (bicyclic) bond motifs is 1. The molecule has 4 rings (SSSR count). The van der Waals surface area contributed by atoms with Gasteiger partial charge in [0.2, 0.25) is 0 Å². The quantitative estimate of drug-likeness (QED) is 0.726. The maximum absolute atomic E-state index is 13.1. The highest BCUT2D eigenvalue weighted by molar-refractivity contribution is 6.00. The van der Waals surface area contributed by atoms with Crippen LogP contribution in [0.3, 0.4) is 0 Å². The van der Waals surface area contributed by atoms with Gasteiger partial charge in [-0.3, -0.25) is 4.79 Å². The van der Waals surface area contributed by atoms with Gasteiger partial charge in [-0.25, -0.2) is 4.98 Å². The number of imidazole rings is 1. The number of aromatic amines is 1. The monoisotopic (exact) mass is 361 g/mol. The zero-order valence-electron chi connectivity index (χ0n) is 15.7. The van der Waals surface area contributed by atoms with E-state index in [1.165, 1.54) is 0 Å². The van der Waals surface area contributed by atoms with Crippen molar-refractivity contribution < 1.29 is 9.53 Å². The smallest absolute Gasteiger partial charge is 0.252 e. The molecule has 1 aliphatic rings. The Bertz CT molecular complexity index is 977. The summed E-state index contributed by atoms with van der Waals surface area (Å²) in [6.07, 6.45) is 4.14. The first-order valence-electron chi connectivity index (χ1n) is 9.12. The van der Waals surface area contributed by atoms with Crippen LogP contribution >= 0.6 is 0 Å². The minimum absolute atomic E-state index is 0.110. The van der Waals surface area contributed by atoms with Gasteiger partial charge in [0.15, 0.2) is 0 Å². The molecule has 1 aliphatic heterocycles. The van der Waals surface area contributed by atoms with Gasteiger partial charge >= 0.3 is 0 Å². The number of hydrogen-bond donors (Lipinski definition) is 2. The third-order valence-electron chi connectivity index (χ3n) is 4.86. The highest BCUT2D eigenvalue weighted by Crippen LogP contribution is 2.40. The molecular weight excluding hydrogens is 338 g/mol. The highest BCUT2D eigenvalue weighted by Gasteiger charge is 2.35. The minimum atomic E-state index is -0.348. The predicted octanol–water partition coefficient (Wildman–Crippen LogP) is 4.42. The molecule has 0 aliphatic carbocycles. The summed E-state index contributed by atoms with van der Waals surface area (Å²) >= 11 is 0. The Balaban J connectivity index is 1.67. The van der Waals surface area contributed by atoms with E-state index in [1.54, 1.807) is 12.4 Å². The van der Waals surface area contributed by atoms with Gasteiger partial charge in [-0.2, -0.15) is 0 Å². The Labute approximate surface area is 158 Å². The Hall–Kier alpha value is -3.08. The summed E-state index contributed by atoms with van der Waals surface area (Å²) in [4.78, 5) is 20.5. The summed E-state index contributed by atoms with van der Waals surface area (Å²) in [5, 5.41) is 3.21. The molecule has 0 radical (unpaired) electrons. The molecule has 1 atom stereocenters. The van der Waals surface area contributed by atoms with Crippen molar-refractivity contribution in [2.45, 2.75) is 38.8 Å². The molecule has 0 spiro atoms. The Morgan fingerprint density at radius 3 is 2.85 bits per heavy atom. The SMILES string of the molecule is Cc1ccc2c(c1)OC(C)(C)C[C@H]2NC(=O)c1ccccc1-c1ncc[nH]1. The fraction of sp³-hybridized carbons (Fsp3) is 0.273. The molecule has 5 heteroatoms. The summed E-state index contributed by atoms with van der Waals surface area (Å²) in [7, 11) is 0. The van der Waals surface area contributed by atoms with Crippen molar-refractivity contribution in [3.05, 3.63) is 71.5 Å². The van der Waals surface area contributed by atoms with Crippen LogP contribution in [0.15, 0.2) is 54.9 Å². The van der Waals surface area contributed by atoms with Crippen molar-refractivity contribution in [1.29, 1.82) is 0 Å². The van der Waals surface area contributed by atoms with E-state index in [4.69, 9.17) is 4.74 Å². The molecular formula is C22H23N3O2. The zero-order chi connectivity index (χ0) is 19.0. The molecule has 0 saturated heterocycles. The summed E-state index contributed by atoms with van der Waals surface area (Å²) in [6.45, 7) is 6.14. The van der Waals surface area contributed by atoms with Gasteiger partial charge in [0, 0.05) is 29.9 Å². The van der Waals surface area contributed by atoms with Crippen molar-refractivity contribution in [1.82, 2.24) is 15.3 Å². The average Bonchev–Trinajstić information content (AvgIpc) is 3.14. The van der Waals surface area contributed by atoms with Crippen LogP contribution in [-0.2, 0) is 0 Å². The number of ether oxygens (including phenoxy) is 1. The predicted molar refractivity (Wildman–Crippen MR) is 105 cm³/mol. The van der Waals surface area contributed by atoms with Gasteiger partial charge in [0.05, 0.1) is 11.6 Å². The van der Waals surface area contributed by atoms with E-state index in [0.29, 0.717) is 17.8 Å². The van der Waals surface area contributed by atoms with Crippen LogP contribution in [0.4, 0.5) is 0 Å². The van der Waals surface area contributed by atoms with Crippen molar-refractivity contribution in [2.24, 2.45) is 0 Å². The second kappa shape index (κ2) is 6.58. The normalized spacial score (nSPS) is 17.7. The molecule has 2 N–H and O–H groups in total. The highest BCUT2D eigenvalue weighted by atomic mass is 16.5. The summed E-state index contributed by atoms with van der Waals surface area (Å²) in [5.74, 6) is 1.41. The molecule has 2 aromatic carbocycles. The first-order valence-corrected chi connectivity index (χ1v) is 9.12. The molecule has 0 bridgehead atoms. The number of H-pyrrole nitrogens is 1. The van der Waals surface area contributed by atoms with Gasteiger partial charge in [-0.1, -0.05) is 30.3 Å². The van der Waals surface area contributed by atoms with E-state index >= 15 is 0 Å². The molecule has 0 unspecified atom stereocenters. The lowest BCUT2D eigenvalue weighted by Crippen LogP contribution is -2.41. The Morgan fingerprint density at radius 1 is 1.26 bits per heavy atom. The number of carbonyl (C=O) groups excluding carboxylic acids is 1. The van der Waals surface area contributed by atoms with Crippen molar-refractivity contribution in [3.8, 4) is 17.1 Å². The van der Waals surface area contributed by atoms with E-state index in [0.717, 1.165) is 22.4 Å². The van der Waals surface area contributed by atoms with Crippen molar-refractivity contribution in [2.75, 3.05) is 0 Å². The van der Waals surface area contributed by atoms with Gasteiger partial charge < -0.3 is 15.0 Å². The number of aryl methyl sites for hydroxylation is 1. The number of nitrogens with one attached hydrogen (secondary N) is 2. The molecule has 0 fully saturated rings. The summed E-state index contributed by atoms with van der Waals surface area (Å²) in [5.41, 5.74) is 3.20. The van der Waals surface area contributed by atoms with Gasteiger partial charge in [-0.15, -0.1) is 0 Å². The molecule has 0 saturated carbocycles. The Kier molecular flexibility index (Phi) is 4.22. The molecule has 1 amide bonds. The van der Waals surface area contributed by atoms with Crippen molar-refractivity contribution in [3.63, 3.8) is 0 Å². The molecule has 3 aromatic rings. The van der Waals surface area contributed by atoms with E-state index in [2.05, 4.69) is 21.4 Å². The summed E-state index contributed by atoms with van der Waals surface area (Å²) in [6, 6.07) is 13.5. The molecule has 1 aromatic heterocycles. The number of nitrogens with zero attached hydrogens (tertiary/aromatic N) is 1. The topological polar surface area (TPSA) is 67.0 Å². The fourth-order valence-electron chi connectivity index (χ4n) is 3.62. The number of amides is 1. The second-order valence-corrected chi connectivity index (χ2v) is 7.62. The van der Waals surface area contributed by atoms with Crippen LogP contribution in [-0.4, -0.2) is 21.5 Å². The van der Waals surface area contributed by atoms with Gasteiger partial charge in [-0.05, 0) is 38.5 Å². The molecule has 2 heterocycles. The second-order valence-electron chi connectivity index (χ2n) is 7.62. The van der Waals surface area contributed by atoms with Gasteiger partial charge in [0.25, 0.3) is 5.91 Å². The van der Waals surface area contributed by atoms with Crippen molar-refractivity contribution >= 4 is 5.91 Å². The van der Waals surface area contributed by atoms with E-state index in [1.807, 2.05) is 57.2 Å². The van der Waals surface area contributed by atoms with E-state index < -0.39 is 0 Å². The first-order chi connectivity index (χ1) is 12.9. The molecule has 27 heavy (non-hydrogen) atoms. The zero-order valence-corrected chi connectivity index (χ0v) is 15.7. The lowest BCUT2D eigenvalue weighted by molar-refractivity contribution is 0.0619. The van der Waals surface area contributed by atoms with Crippen LogP contribution < -0.4 is 10.1 Å². The summed E-state index contributed by atoms with van der Waals surface area (Å²) < 4.78 is 6.13. The number of benzene rings is 2. The maximum Gasteiger partial charge on any atom is 0.252 e. The number of hydrogen-bond acceptors (Lipinski definition) is 3. The lowest BCUT2D eigenvalue weighted by atomic mass is 9.89. The number of aromatic nitrogens is 2. The van der Waals surface area contributed by atoms with Crippen LogP contribution in [0.25, 0.3) is 11.4 Å². The third-order valence-corrected chi connectivity index (χ3v) is 4.86. The first kappa shape index (κ1) is 17.3. The number of rotatable bonds is 3. The van der Waals surface area contributed by atoms with Crippen LogP contribution in [0.2, 0.25) is 0 Å². The maximum atomic E-state index is 13.1. The Morgan fingerprint density at radius 2 is 2.07 bits per heavy atom. The lowest BCUT2D eigenvalue weighted by Gasteiger charge is -2.38. The van der Waals surface area contributed by atoms with Crippen LogP contribution in [0.1, 0.15) is 47.8 Å².